The van der Waals surface area contributed by atoms with E-state index < -0.39 is 0 Å². The predicted molar refractivity (Wildman–Crippen MR) is 77.8 cm³/mol. The molecule has 0 spiro atoms. The lowest BCUT2D eigenvalue weighted by molar-refractivity contribution is 0.789. The first-order valence-electron chi connectivity index (χ1n) is 6.29. The lowest BCUT2D eigenvalue weighted by Crippen LogP contribution is -2.20. The van der Waals surface area contributed by atoms with Gasteiger partial charge in [-0.15, -0.1) is 0 Å². The van der Waals surface area contributed by atoms with Crippen molar-refractivity contribution in [2.45, 2.75) is 19.9 Å². The molecule has 1 unspecified atom stereocenters. The molecule has 2 heteroatoms. The lowest BCUT2D eigenvalue weighted by atomic mass is 10.1. The van der Waals surface area contributed by atoms with Crippen LogP contribution in [0.4, 0.5) is 5.69 Å². The summed E-state index contributed by atoms with van der Waals surface area (Å²) in [5.74, 6) is 0. The highest BCUT2D eigenvalue weighted by molar-refractivity contribution is 5.53. The van der Waals surface area contributed by atoms with Crippen LogP contribution in [0.3, 0.4) is 0 Å². The number of nitrogens with two attached hydrogens (primary N) is 1. The molecule has 0 aliphatic carbocycles. The van der Waals surface area contributed by atoms with Crippen LogP contribution in [0.15, 0.2) is 48.5 Å². The van der Waals surface area contributed by atoms with Crippen molar-refractivity contribution >= 4 is 5.69 Å². The molecule has 0 aliphatic heterocycles. The smallest absolute Gasteiger partial charge is 0.0636 e. The zero-order chi connectivity index (χ0) is 13.0. The fourth-order valence-corrected chi connectivity index (χ4v) is 2.13. The molecular weight excluding hydrogens is 220 g/mol. The van der Waals surface area contributed by atoms with Gasteiger partial charge in [0.05, 0.1) is 6.04 Å². The highest BCUT2D eigenvalue weighted by Gasteiger charge is 2.09. The monoisotopic (exact) mass is 240 g/mol. The predicted octanol–water partition coefficient (Wildman–Crippen LogP) is 3.42. The van der Waals surface area contributed by atoms with Crippen molar-refractivity contribution in [3.8, 4) is 0 Å². The number of benzene rings is 2. The topological polar surface area (TPSA) is 38.0 Å². The molecule has 1 atom stereocenters. The van der Waals surface area contributed by atoms with E-state index in [1.165, 1.54) is 16.7 Å². The van der Waals surface area contributed by atoms with Gasteiger partial charge in [-0.3, -0.25) is 0 Å². The minimum absolute atomic E-state index is 0.160. The summed E-state index contributed by atoms with van der Waals surface area (Å²) in [6, 6.07) is 16.9. The molecule has 2 nitrogen and oxygen atoms in total. The van der Waals surface area contributed by atoms with Crippen LogP contribution in [0.2, 0.25) is 0 Å². The van der Waals surface area contributed by atoms with Crippen LogP contribution in [0, 0.1) is 13.8 Å². The summed E-state index contributed by atoms with van der Waals surface area (Å²) in [5, 5.41) is 3.52. The quantitative estimate of drug-likeness (QED) is 0.859. The number of anilines is 1. The van der Waals surface area contributed by atoms with Gasteiger partial charge >= 0.3 is 0 Å². The summed E-state index contributed by atoms with van der Waals surface area (Å²) >= 11 is 0. The normalized spacial score (nSPS) is 12.2. The number of rotatable bonds is 4. The summed E-state index contributed by atoms with van der Waals surface area (Å²) in [7, 11) is 0. The molecular formula is C16H20N2. The lowest BCUT2D eigenvalue weighted by Gasteiger charge is -2.20. The number of nitrogens with one attached hydrogen (secondary N) is 1. The molecule has 0 fully saturated rings. The average Bonchev–Trinajstić information content (AvgIpc) is 2.39. The molecule has 0 heterocycles. The van der Waals surface area contributed by atoms with E-state index in [4.69, 9.17) is 5.73 Å². The molecule has 2 aromatic carbocycles. The largest absolute Gasteiger partial charge is 0.377 e. The van der Waals surface area contributed by atoms with Crippen LogP contribution in [0.25, 0.3) is 0 Å². The summed E-state index contributed by atoms with van der Waals surface area (Å²) < 4.78 is 0. The molecule has 2 rings (SSSR count). The second-order valence-electron chi connectivity index (χ2n) is 4.66. The zero-order valence-corrected chi connectivity index (χ0v) is 11.0. The van der Waals surface area contributed by atoms with E-state index in [0.717, 1.165) is 5.69 Å². The van der Waals surface area contributed by atoms with Gasteiger partial charge in [0, 0.05) is 12.2 Å². The first-order valence-corrected chi connectivity index (χ1v) is 6.29. The van der Waals surface area contributed by atoms with E-state index in [-0.39, 0.29) is 6.04 Å². The minimum Gasteiger partial charge on any atom is -0.377 e. The van der Waals surface area contributed by atoms with E-state index in [2.05, 4.69) is 49.5 Å². The fourth-order valence-electron chi connectivity index (χ4n) is 2.13. The number of hydrogen-bond acceptors (Lipinski definition) is 2. The highest BCUT2D eigenvalue weighted by atomic mass is 14.9. The van der Waals surface area contributed by atoms with Gasteiger partial charge in [0.25, 0.3) is 0 Å². The van der Waals surface area contributed by atoms with E-state index in [1.54, 1.807) is 0 Å². The van der Waals surface area contributed by atoms with Crippen LogP contribution in [0.5, 0.6) is 0 Å². The Morgan fingerprint density at radius 1 is 1.06 bits per heavy atom. The second kappa shape index (κ2) is 5.69. The average molecular weight is 240 g/mol. The van der Waals surface area contributed by atoms with E-state index in [9.17, 15) is 0 Å². The molecule has 0 amide bonds. The Morgan fingerprint density at radius 2 is 1.78 bits per heavy atom. The van der Waals surface area contributed by atoms with E-state index in [1.807, 2.05) is 18.2 Å². The standard InChI is InChI=1S/C16H20N2/c1-12-8-9-15(13(2)10-12)18-16(11-17)14-6-4-3-5-7-14/h3-10,16,18H,11,17H2,1-2H3. The minimum atomic E-state index is 0.160. The van der Waals surface area contributed by atoms with Crippen molar-refractivity contribution in [3.05, 3.63) is 65.2 Å². The van der Waals surface area contributed by atoms with Crippen molar-refractivity contribution in [2.24, 2.45) is 5.73 Å². The third-order valence-electron chi connectivity index (χ3n) is 3.15. The van der Waals surface area contributed by atoms with Crippen molar-refractivity contribution in [3.63, 3.8) is 0 Å². The SMILES string of the molecule is Cc1ccc(NC(CN)c2ccccc2)c(C)c1. The van der Waals surface area contributed by atoms with Crippen molar-refractivity contribution in [1.82, 2.24) is 0 Å². The maximum absolute atomic E-state index is 5.87. The van der Waals surface area contributed by atoms with Crippen LogP contribution in [-0.4, -0.2) is 6.54 Å². The highest BCUT2D eigenvalue weighted by Crippen LogP contribution is 2.22. The Bertz CT molecular complexity index is 506. The maximum atomic E-state index is 5.87. The molecule has 0 radical (unpaired) electrons. The van der Waals surface area contributed by atoms with Crippen LogP contribution >= 0.6 is 0 Å². The Kier molecular flexibility index (Phi) is 4.00. The maximum Gasteiger partial charge on any atom is 0.0636 e. The Labute approximate surface area is 109 Å². The summed E-state index contributed by atoms with van der Waals surface area (Å²) in [6.07, 6.45) is 0. The Hall–Kier alpha value is -1.80. The van der Waals surface area contributed by atoms with Crippen LogP contribution in [0.1, 0.15) is 22.7 Å². The third kappa shape index (κ3) is 2.90. The first kappa shape index (κ1) is 12.7. The fraction of sp³-hybridized carbons (Fsp3) is 0.250. The number of aryl methyl sites for hydroxylation is 2. The summed E-state index contributed by atoms with van der Waals surface area (Å²) in [6.45, 7) is 4.81. The molecule has 2 aromatic rings. The molecule has 3 N–H and O–H groups in total. The molecule has 0 saturated carbocycles. The number of hydrogen-bond donors (Lipinski definition) is 2. The Morgan fingerprint density at radius 3 is 2.39 bits per heavy atom. The Balaban J connectivity index is 2.21. The van der Waals surface area contributed by atoms with Crippen molar-refractivity contribution in [1.29, 1.82) is 0 Å². The van der Waals surface area contributed by atoms with Gasteiger partial charge < -0.3 is 11.1 Å². The first-order chi connectivity index (χ1) is 8.70. The molecule has 18 heavy (non-hydrogen) atoms. The van der Waals surface area contributed by atoms with Gasteiger partial charge in [0.2, 0.25) is 0 Å². The van der Waals surface area contributed by atoms with E-state index in [0.29, 0.717) is 6.54 Å². The van der Waals surface area contributed by atoms with Gasteiger partial charge in [0.15, 0.2) is 0 Å². The van der Waals surface area contributed by atoms with Crippen molar-refractivity contribution in [2.75, 3.05) is 11.9 Å². The summed E-state index contributed by atoms with van der Waals surface area (Å²) in [5.41, 5.74) is 10.8. The zero-order valence-electron chi connectivity index (χ0n) is 11.0. The third-order valence-corrected chi connectivity index (χ3v) is 3.15. The van der Waals surface area contributed by atoms with Gasteiger partial charge in [-0.05, 0) is 31.0 Å². The molecule has 0 aliphatic rings. The molecule has 94 valence electrons. The van der Waals surface area contributed by atoms with Crippen molar-refractivity contribution < 1.29 is 0 Å². The van der Waals surface area contributed by atoms with Gasteiger partial charge in [-0.1, -0.05) is 48.0 Å². The van der Waals surface area contributed by atoms with Crippen LogP contribution in [-0.2, 0) is 0 Å². The molecule has 0 saturated heterocycles. The van der Waals surface area contributed by atoms with Crippen LogP contribution < -0.4 is 11.1 Å². The molecule has 0 bridgehead atoms. The van der Waals surface area contributed by atoms with Gasteiger partial charge in [0.1, 0.15) is 0 Å². The molecule has 0 aromatic heterocycles. The summed E-state index contributed by atoms with van der Waals surface area (Å²) in [4.78, 5) is 0. The second-order valence-corrected chi connectivity index (χ2v) is 4.66. The van der Waals surface area contributed by atoms with E-state index >= 15 is 0 Å². The van der Waals surface area contributed by atoms with Gasteiger partial charge in [-0.2, -0.15) is 0 Å². The van der Waals surface area contributed by atoms with Gasteiger partial charge in [-0.25, -0.2) is 0 Å².